The standard InChI is InChI=1S/C12H28O4Si.C2H6O.2H2O.Zr/c1-7-10(4)14-17(13,15-11(5)8-2)16-12(6)9-3;1-2-3;;;/h10-13H,7-9H2,1-6H3;3H,2H2,1H3;2*1H2;. The summed E-state index contributed by atoms with van der Waals surface area (Å²) in [6.45, 7) is 13.7. The van der Waals surface area contributed by atoms with Gasteiger partial charge in [-0.05, 0) is 47.0 Å². The molecule has 9 heteroatoms. The Bertz CT molecular complexity index is 194. The van der Waals surface area contributed by atoms with Gasteiger partial charge in [0, 0.05) is 51.1 Å². The summed E-state index contributed by atoms with van der Waals surface area (Å²) >= 11 is 0. The zero-order chi connectivity index (χ0) is 16.2. The molecule has 6 N–H and O–H groups in total. The van der Waals surface area contributed by atoms with Crippen molar-refractivity contribution in [1.82, 2.24) is 0 Å². The molecule has 3 unspecified atom stereocenters. The molecule has 0 aliphatic rings. The first-order valence-electron chi connectivity index (χ1n) is 7.64. The Labute approximate surface area is 162 Å². The molecule has 7 nitrogen and oxygen atoms in total. The SMILES string of the molecule is CCC(C)O[Si](O)(OC(C)CC)OC(C)CC.CCO.O.O.[Zr]. The molecule has 0 aromatic heterocycles. The van der Waals surface area contributed by atoms with Gasteiger partial charge in [0.1, 0.15) is 0 Å². The molecule has 0 fully saturated rings. The van der Waals surface area contributed by atoms with E-state index in [4.69, 9.17) is 18.4 Å². The van der Waals surface area contributed by atoms with Crippen LogP contribution < -0.4 is 0 Å². The van der Waals surface area contributed by atoms with E-state index in [0.717, 1.165) is 19.3 Å². The largest absolute Gasteiger partial charge is 0.677 e. The first kappa shape index (κ1) is 35.0. The Morgan fingerprint density at radius 2 is 0.913 bits per heavy atom. The average molecular weight is 438 g/mol. The number of hydrogen-bond donors (Lipinski definition) is 2. The van der Waals surface area contributed by atoms with Gasteiger partial charge in [-0.25, -0.2) is 0 Å². The maximum absolute atomic E-state index is 10.4. The van der Waals surface area contributed by atoms with Gasteiger partial charge >= 0.3 is 9.05 Å². The van der Waals surface area contributed by atoms with E-state index >= 15 is 0 Å². The van der Waals surface area contributed by atoms with Gasteiger partial charge in [0.2, 0.25) is 0 Å². The first-order chi connectivity index (χ1) is 9.28. The fourth-order valence-electron chi connectivity index (χ4n) is 1.10. The zero-order valence-electron chi connectivity index (χ0n) is 15.7. The van der Waals surface area contributed by atoms with Crippen LogP contribution in [-0.4, -0.2) is 54.8 Å². The molecule has 0 amide bonds. The molecule has 23 heavy (non-hydrogen) atoms. The summed E-state index contributed by atoms with van der Waals surface area (Å²) in [5.41, 5.74) is 0. The van der Waals surface area contributed by atoms with Crippen LogP contribution in [-0.2, 0) is 39.5 Å². The second-order valence-electron chi connectivity index (χ2n) is 4.85. The van der Waals surface area contributed by atoms with Crippen LogP contribution >= 0.6 is 0 Å². The molecule has 0 bridgehead atoms. The van der Waals surface area contributed by atoms with Crippen molar-refractivity contribution < 1.29 is 60.3 Å². The van der Waals surface area contributed by atoms with Gasteiger partial charge in [-0.15, -0.1) is 0 Å². The Morgan fingerprint density at radius 3 is 1.04 bits per heavy atom. The minimum Gasteiger partial charge on any atom is -0.412 e. The van der Waals surface area contributed by atoms with E-state index < -0.39 is 9.05 Å². The van der Waals surface area contributed by atoms with Crippen LogP contribution in [0.2, 0.25) is 0 Å². The summed E-state index contributed by atoms with van der Waals surface area (Å²) in [5, 5.41) is 7.57. The summed E-state index contributed by atoms with van der Waals surface area (Å²) < 4.78 is 16.7. The Balaban J connectivity index is -0.000000166. The quantitative estimate of drug-likeness (QED) is 0.523. The summed E-state index contributed by atoms with van der Waals surface area (Å²) in [4.78, 5) is 10.4. The van der Waals surface area contributed by atoms with Crippen LogP contribution in [0.1, 0.15) is 67.7 Å². The van der Waals surface area contributed by atoms with Crippen molar-refractivity contribution in [2.75, 3.05) is 6.61 Å². The van der Waals surface area contributed by atoms with Crippen molar-refractivity contribution in [2.45, 2.75) is 86.0 Å². The van der Waals surface area contributed by atoms with Crippen LogP contribution in [0.15, 0.2) is 0 Å². The van der Waals surface area contributed by atoms with Gasteiger partial charge in [-0.1, -0.05) is 20.8 Å². The molecule has 0 aromatic carbocycles. The maximum Gasteiger partial charge on any atom is 0.677 e. The predicted molar refractivity (Wildman–Crippen MR) is 90.5 cm³/mol. The van der Waals surface area contributed by atoms with Crippen LogP contribution in [0.3, 0.4) is 0 Å². The van der Waals surface area contributed by atoms with Crippen LogP contribution in [0.5, 0.6) is 0 Å². The Hall–Kier alpha value is 0.820. The molecule has 0 aliphatic heterocycles. The monoisotopic (exact) mass is 436 g/mol. The number of rotatable bonds is 9. The minimum absolute atomic E-state index is 0. The Kier molecular flexibility index (Phi) is 31.8. The van der Waals surface area contributed by atoms with E-state index in [1.54, 1.807) is 6.92 Å². The smallest absolute Gasteiger partial charge is 0.412 e. The molecule has 0 aliphatic carbocycles. The number of aliphatic hydroxyl groups excluding tert-OH is 1. The normalized spacial score (nSPS) is 16.0. The average Bonchev–Trinajstić information content (AvgIpc) is 2.38. The van der Waals surface area contributed by atoms with E-state index in [2.05, 4.69) is 0 Å². The second-order valence-corrected chi connectivity index (χ2v) is 6.61. The second kappa shape index (κ2) is 20.9. The first-order valence-corrected chi connectivity index (χ1v) is 9.32. The molecule has 0 rings (SSSR count). The van der Waals surface area contributed by atoms with E-state index in [9.17, 15) is 4.80 Å². The molecular formula is C14H38O7SiZr. The van der Waals surface area contributed by atoms with Crippen molar-refractivity contribution in [3.63, 3.8) is 0 Å². The fraction of sp³-hybridized carbons (Fsp3) is 1.00. The maximum atomic E-state index is 10.4. The van der Waals surface area contributed by atoms with Gasteiger partial charge in [0.05, 0.1) is 0 Å². The van der Waals surface area contributed by atoms with Crippen molar-refractivity contribution >= 4 is 9.05 Å². The molecule has 144 valence electrons. The van der Waals surface area contributed by atoms with E-state index in [1.165, 1.54) is 0 Å². The predicted octanol–water partition coefficient (Wildman–Crippen LogP) is 1.21. The zero-order valence-corrected chi connectivity index (χ0v) is 19.1. The third-order valence-corrected chi connectivity index (χ3v) is 4.88. The molecule has 0 aromatic rings. The molecule has 3 atom stereocenters. The van der Waals surface area contributed by atoms with E-state index in [0.29, 0.717) is 0 Å². The molecule has 0 saturated carbocycles. The van der Waals surface area contributed by atoms with Gasteiger partial charge in [0.25, 0.3) is 0 Å². The van der Waals surface area contributed by atoms with Crippen LogP contribution in [0, 0.1) is 0 Å². The van der Waals surface area contributed by atoms with Gasteiger partial charge in [-0.2, -0.15) is 0 Å². The number of hydrogen-bond acceptors (Lipinski definition) is 5. The molecule has 0 heterocycles. The Morgan fingerprint density at radius 1 is 0.739 bits per heavy atom. The topological polar surface area (TPSA) is 131 Å². The summed E-state index contributed by atoms with van der Waals surface area (Å²) in [7, 11) is -3.50. The van der Waals surface area contributed by atoms with Crippen molar-refractivity contribution in [1.29, 1.82) is 0 Å². The van der Waals surface area contributed by atoms with E-state index in [1.807, 2.05) is 41.5 Å². The third kappa shape index (κ3) is 20.8. The van der Waals surface area contributed by atoms with Gasteiger partial charge in [-0.3, -0.25) is 0 Å². The van der Waals surface area contributed by atoms with E-state index in [-0.39, 0.29) is 62.1 Å². The molecular weight excluding hydrogens is 399 g/mol. The summed E-state index contributed by atoms with van der Waals surface area (Å²) in [6.07, 6.45) is 2.30. The van der Waals surface area contributed by atoms with Gasteiger partial charge in [0.15, 0.2) is 0 Å². The van der Waals surface area contributed by atoms with Crippen molar-refractivity contribution in [2.24, 2.45) is 0 Å². The van der Waals surface area contributed by atoms with Gasteiger partial charge < -0.3 is 34.1 Å². The fourth-order valence-corrected chi connectivity index (χ4v) is 3.29. The van der Waals surface area contributed by atoms with Crippen LogP contribution in [0.25, 0.3) is 0 Å². The summed E-state index contributed by atoms with van der Waals surface area (Å²) in [5.74, 6) is 0. The minimum atomic E-state index is -3.50. The molecule has 0 radical (unpaired) electrons. The number of aliphatic hydroxyl groups is 1. The van der Waals surface area contributed by atoms with Crippen LogP contribution in [0.4, 0.5) is 0 Å². The van der Waals surface area contributed by atoms with Crippen molar-refractivity contribution in [3.8, 4) is 0 Å². The third-order valence-electron chi connectivity index (χ3n) is 2.78. The summed E-state index contributed by atoms with van der Waals surface area (Å²) in [6, 6.07) is 0. The van der Waals surface area contributed by atoms with Crippen molar-refractivity contribution in [3.05, 3.63) is 0 Å². The molecule has 0 spiro atoms. The molecule has 0 saturated heterocycles.